The molecule has 0 heterocycles. The molecule has 0 aromatic heterocycles. The molecule has 1 aromatic rings. The normalized spacial score (nSPS) is 21.6. The van der Waals surface area contributed by atoms with Gasteiger partial charge in [0, 0.05) is 12.7 Å². The Morgan fingerprint density at radius 1 is 1.16 bits per heavy atom. The van der Waals surface area contributed by atoms with Crippen LogP contribution < -0.4 is 0 Å². The van der Waals surface area contributed by atoms with Gasteiger partial charge in [-0.05, 0) is 34.2 Å². The van der Waals surface area contributed by atoms with Crippen LogP contribution in [-0.4, -0.2) is 13.1 Å². The SMILES string of the molecule is CC=C[C@@H]1[C@@H](C(=O)OCc2c(F)c(F)c(COC)c(F)c2Br)C1(C)C. The van der Waals surface area contributed by atoms with E-state index in [-0.39, 0.29) is 27.3 Å². The minimum absolute atomic E-state index is 0.0378. The molecule has 1 aliphatic carbocycles. The van der Waals surface area contributed by atoms with Gasteiger partial charge in [-0.2, -0.15) is 0 Å². The standard InChI is InChI=1S/C18H20BrF3O3/c1-5-6-11-12(18(11,2)3)17(23)25-8-9-13(19)14(20)10(7-24-4)16(22)15(9)21/h5-6,11-12H,7-8H2,1-4H3/t11-,12+/m1/s1. The molecule has 0 amide bonds. The fourth-order valence-corrected chi connectivity index (χ4v) is 3.58. The number of benzene rings is 1. The van der Waals surface area contributed by atoms with E-state index in [9.17, 15) is 18.0 Å². The number of esters is 1. The number of rotatable bonds is 6. The average molecular weight is 421 g/mol. The second kappa shape index (κ2) is 7.50. The number of methoxy groups -OCH3 is 1. The third-order valence-corrected chi connectivity index (χ3v) is 5.48. The number of ether oxygens (including phenoxy) is 2. The fourth-order valence-electron chi connectivity index (χ4n) is 3.05. The highest BCUT2D eigenvalue weighted by atomic mass is 79.9. The Labute approximate surface area is 153 Å². The van der Waals surface area contributed by atoms with Crippen LogP contribution >= 0.6 is 15.9 Å². The molecule has 1 saturated carbocycles. The van der Waals surface area contributed by atoms with Crippen molar-refractivity contribution in [3.63, 3.8) is 0 Å². The van der Waals surface area contributed by atoms with Crippen LogP contribution in [0, 0.1) is 34.7 Å². The lowest BCUT2D eigenvalue weighted by Gasteiger charge is -2.13. The van der Waals surface area contributed by atoms with Crippen molar-refractivity contribution in [1.29, 1.82) is 0 Å². The van der Waals surface area contributed by atoms with Crippen molar-refractivity contribution in [3.8, 4) is 0 Å². The van der Waals surface area contributed by atoms with Crippen molar-refractivity contribution >= 4 is 21.9 Å². The molecule has 1 aliphatic rings. The zero-order chi connectivity index (χ0) is 18.9. The van der Waals surface area contributed by atoms with E-state index in [4.69, 9.17) is 4.74 Å². The minimum Gasteiger partial charge on any atom is -0.460 e. The van der Waals surface area contributed by atoms with E-state index in [0.717, 1.165) is 0 Å². The van der Waals surface area contributed by atoms with Crippen molar-refractivity contribution in [1.82, 2.24) is 0 Å². The van der Waals surface area contributed by atoms with E-state index < -0.39 is 42.2 Å². The first-order chi connectivity index (χ1) is 11.7. The maximum atomic E-state index is 14.2. The molecule has 25 heavy (non-hydrogen) atoms. The molecule has 1 fully saturated rings. The van der Waals surface area contributed by atoms with Gasteiger partial charge in [-0.1, -0.05) is 26.0 Å². The lowest BCUT2D eigenvalue weighted by molar-refractivity contribution is -0.147. The average Bonchev–Trinajstić information content (AvgIpc) is 3.10. The van der Waals surface area contributed by atoms with E-state index >= 15 is 0 Å². The predicted molar refractivity (Wildman–Crippen MR) is 90.1 cm³/mol. The first kappa shape index (κ1) is 20.0. The van der Waals surface area contributed by atoms with Crippen LogP contribution in [0.1, 0.15) is 31.9 Å². The summed E-state index contributed by atoms with van der Waals surface area (Å²) in [6.45, 7) is 4.75. The van der Waals surface area contributed by atoms with Gasteiger partial charge < -0.3 is 9.47 Å². The van der Waals surface area contributed by atoms with Crippen LogP contribution in [-0.2, 0) is 27.5 Å². The van der Waals surface area contributed by atoms with Gasteiger partial charge in [-0.15, -0.1) is 0 Å². The number of carbonyl (C=O) groups excluding carboxylic acids is 1. The lowest BCUT2D eigenvalue weighted by atomic mass is 10.1. The highest BCUT2D eigenvalue weighted by Crippen LogP contribution is 2.59. The van der Waals surface area contributed by atoms with Gasteiger partial charge >= 0.3 is 5.97 Å². The third-order valence-electron chi connectivity index (χ3n) is 4.66. The Bertz CT molecular complexity index is 687. The molecular weight excluding hydrogens is 401 g/mol. The summed E-state index contributed by atoms with van der Waals surface area (Å²) in [5, 5.41) is 0. The van der Waals surface area contributed by atoms with Crippen molar-refractivity contribution < 1.29 is 27.4 Å². The Morgan fingerprint density at radius 3 is 2.32 bits per heavy atom. The topological polar surface area (TPSA) is 35.5 Å². The van der Waals surface area contributed by atoms with Crippen LogP contribution in [0.4, 0.5) is 13.2 Å². The summed E-state index contributed by atoms with van der Waals surface area (Å²) in [7, 11) is 1.25. The highest BCUT2D eigenvalue weighted by molar-refractivity contribution is 9.10. The van der Waals surface area contributed by atoms with Gasteiger partial charge in [0.25, 0.3) is 0 Å². The molecule has 0 unspecified atom stereocenters. The largest absolute Gasteiger partial charge is 0.460 e. The van der Waals surface area contributed by atoms with Crippen LogP contribution in [0.5, 0.6) is 0 Å². The Hall–Kier alpha value is -1.34. The van der Waals surface area contributed by atoms with E-state index in [0.29, 0.717) is 0 Å². The molecule has 3 nitrogen and oxygen atoms in total. The first-order valence-electron chi connectivity index (χ1n) is 7.80. The molecule has 0 spiro atoms. The Balaban J connectivity index is 2.18. The predicted octanol–water partition coefficient (Wildman–Crippen LogP) is 4.90. The van der Waals surface area contributed by atoms with Crippen molar-refractivity contribution in [2.45, 2.75) is 34.0 Å². The zero-order valence-electron chi connectivity index (χ0n) is 14.5. The second-order valence-corrected chi connectivity index (χ2v) is 7.40. The number of hydrogen-bond donors (Lipinski definition) is 0. The quantitative estimate of drug-likeness (QED) is 0.372. The molecule has 2 rings (SSSR count). The van der Waals surface area contributed by atoms with Gasteiger partial charge in [0.05, 0.1) is 22.6 Å². The van der Waals surface area contributed by atoms with E-state index in [1.54, 1.807) is 0 Å². The molecule has 2 atom stereocenters. The summed E-state index contributed by atoms with van der Waals surface area (Å²) in [5.41, 5.74) is -1.14. The first-order valence-corrected chi connectivity index (χ1v) is 8.59. The summed E-state index contributed by atoms with van der Waals surface area (Å²) in [6.07, 6.45) is 3.77. The van der Waals surface area contributed by atoms with Crippen LogP contribution in [0.2, 0.25) is 0 Å². The molecule has 0 aliphatic heterocycles. The lowest BCUT2D eigenvalue weighted by Crippen LogP contribution is -2.13. The Kier molecular flexibility index (Phi) is 5.99. The second-order valence-electron chi connectivity index (χ2n) is 6.60. The van der Waals surface area contributed by atoms with E-state index in [2.05, 4.69) is 20.7 Å². The summed E-state index contributed by atoms with van der Waals surface area (Å²) in [6, 6.07) is 0. The summed E-state index contributed by atoms with van der Waals surface area (Å²) < 4.78 is 51.9. The molecule has 0 saturated heterocycles. The third kappa shape index (κ3) is 3.62. The zero-order valence-corrected chi connectivity index (χ0v) is 16.0. The van der Waals surface area contributed by atoms with Crippen molar-refractivity contribution in [2.75, 3.05) is 7.11 Å². The van der Waals surface area contributed by atoms with Gasteiger partial charge in [-0.25, -0.2) is 13.2 Å². The number of carbonyl (C=O) groups is 1. The summed E-state index contributed by atoms with van der Waals surface area (Å²) in [4.78, 5) is 12.2. The minimum atomic E-state index is -1.34. The van der Waals surface area contributed by atoms with Crippen molar-refractivity contribution in [3.05, 3.63) is 45.2 Å². The van der Waals surface area contributed by atoms with Gasteiger partial charge in [0.1, 0.15) is 12.4 Å². The molecule has 0 N–H and O–H groups in total. The van der Waals surface area contributed by atoms with Crippen LogP contribution in [0.15, 0.2) is 16.6 Å². The van der Waals surface area contributed by atoms with E-state index in [1.807, 2.05) is 32.9 Å². The molecular formula is C18H20BrF3O3. The summed E-state index contributed by atoms with van der Waals surface area (Å²) in [5.74, 6) is -4.39. The monoisotopic (exact) mass is 420 g/mol. The fraction of sp³-hybridized carbons (Fsp3) is 0.500. The molecule has 138 valence electrons. The number of allylic oxidation sites excluding steroid dienone is 2. The smallest absolute Gasteiger partial charge is 0.310 e. The van der Waals surface area contributed by atoms with Gasteiger partial charge in [-0.3, -0.25) is 4.79 Å². The van der Waals surface area contributed by atoms with Crippen LogP contribution in [0.3, 0.4) is 0 Å². The molecule has 1 aromatic carbocycles. The molecule has 7 heteroatoms. The number of halogens is 4. The van der Waals surface area contributed by atoms with Crippen LogP contribution in [0.25, 0.3) is 0 Å². The maximum absolute atomic E-state index is 14.2. The maximum Gasteiger partial charge on any atom is 0.310 e. The highest BCUT2D eigenvalue weighted by Gasteiger charge is 2.61. The van der Waals surface area contributed by atoms with Gasteiger partial charge in [0.2, 0.25) is 0 Å². The summed E-state index contributed by atoms with van der Waals surface area (Å²) >= 11 is 2.91. The van der Waals surface area contributed by atoms with Gasteiger partial charge in [0.15, 0.2) is 11.6 Å². The number of hydrogen-bond acceptors (Lipinski definition) is 3. The molecule has 0 bridgehead atoms. The van der Waals surface area contributed by atoms with E-state index in [1.165, 1.54) is 7.11 Å². The van der Waals surface area contributed by atoms with Crippen molar-refractivity contribution in [2.24, 2.45) is 17.3 Å². The molecule has 0 radical (unpaired) electrons. The Morgan fingerprint density at radius 2 is 1.76 bits per heavy atom.